The lowest BCUT2D eigenvalue weighted by atomic mass is 9.99. The normalized spacial score (nSPS) is 14.4. The summed E-state index contributed by atoms with van der Waals surface area (Å²) in [5.74, 6) is 0.455. The Morgan fingerprint density at radius 1 is 1.09 bits per heavy atom. The predicted octanol–water partition coefficient (Wildman–Crippen LogP) is 7.39. The van der Waals surface area contributed by atoms with Crippen molar-refractivity contribution in [3.8, 4) is 22.8 Å². The number of carbonyl (C=O) groups is 2. The third kappa shape index (κ3) is 7.76. The molecule has 0 spiro atoms. The van der Waals surface area contributed by atoms with Crippen molar-refractivity contribution < 1.29 is 27.5 Å². The van der Waals surface area contributed by atoms with Gasteiger partial charge in [0.15, 0.2) is 11.0 Å². The number of benzene rings is 3. The van der Waals surface area contributed by atoms with Crippen molar-refractivity contribution in [3.05, 3.63) is 89.7 Å². The first-order chi connectivity index (χ1) is 21.9. The Hall–Kier alpha value is -4.65. The van der Waals surface area contributed by atoms with E-state index in [1.165, 1.54) is 47.0 Å². The maximum Gasteiger partial charge on any atom is 0.573 e. The molecule has 2 heterocycles. The van der Waals surface area contributed by atoms with Crippen molar-refractivity contribution in [2.45, 2.75) is 46.4 Å². The highest BCUT2D eigenvalue weighted by Crippen LogP contribution is 2.34. The second kappa shape index (κ2) is 13.8. The minimum Gasteiger partial charge on any atom is -0.406 e. The molecule has 1 saturated heterocycles. The molecule has 46 heavy (non-hydrogen) atoms. The SMILES string of the molecule is CCN(CCc1ccc(-c2ncn(-c3ccc(OC(F)(F)F)cc3)n2)cc1)C(=O)/N=C1\SCC(=O)N1c1cc(C)ccc1C(C)C. The number of aromatic nitrogens is 3. The summed E-state index contributed by atoms with van der Waals surface area (Å²) in [6.07, 6.45) is -2.69. The monoisotopic (exact) mass is 650 g/mol. The summed E-state index contributed by atoms with van der Waals surface area (Å²) < 4.78 is 42.7. The maximum absolute atomic E-state index is 13.3. The number of hydrogen-bond acceptors (Lipinski definition) is 6. The van der Waals surface area contributed by atoms with Gasteiger partial charge >= 0.3 is 12.4 Å². The predicted molar refractivity (Wildman–Crippen MR) is 172 cm³/mol. The topological polar surface area (TPSA) is 92.9 Å². The third-order valence-electron chi connectivity index (χ3n) is 7.37. The van der Waals surface area contributed by atoms with Gasteiger partial charge in [-0.15, -0.1) is 18.3 Å². The van der Waals surface area contributed by atoms with Crippen LogP contribution in [-0.2, 0) is 11.2 Å². The van der Waals surface area contributed by atoms with Crippen LogP contribution in [0.15, 0.2) is 78.0 Å². The molecule has 0 radical (unpaired) electrons. The van der Waals surface area contributed by atoms with Crippen LogP contribution in [0.5, 0.6) is 5.75 Å². The maximum atomic E-state index is 13.3. The number of ether oxygens (including phenoxy) is 1. The first-order valence-electron chi connectivity index (χ1n) is 14.7. The molecule has 1 aliphatic rings. The summed E-state index contributed by atoms with van der Waals surface area (Å²) in [5, 5.41) is 4.83. The zero-order chi connectivity index (χ0) is 33.0. The molecule has 3 amide bonds. The number of halogens is 3. The smallest absolute Gasteiger partial charge is 0.406 e. The van der Waals surface area contributed by atoms with E-state index in [4.69, 9.17) is 0 Å². The van der Waals surface area contributed by atoms with Gasteiger partial charge in [0.1, 0.15) is 12.1 Å². The number of alkyl halides is 3. The van der Waals surface area contributed by atoms with Gasteiger partial charge in [-0.1, -0.05) is 62.0 Å². The number of aryl methyl sites for hydroxylation is 1. The van der Waals surface area contributed by atoms with E-state index in [-0.39, 0.29) is 23.3 Å². The number of urea groups is 1. The van der Waals surface area contributed by atoms with E-state index >= 15 is 0 Å². The van der Waals surface area contributed by atoms with Crippen LogP contribution in [0.2, 0.25) is 0 Å². The first-order valence-corrected chi connectivity index (χ1v) is 15.7. The number of anilines is 1. The van der Waals surface area contributed by atoms with Crippen LogP contribution in [0.25, 0.3) is 17.1 Å². The number of carbonyl (C=O) groups excluding carboxylic acids is 2. The number of amidine groups is 1. The van der Waals surface area contributed by atoms with Crippen LogP contribution in [0.1, 0.15) is 43.4 Å². The number of thioether (sulfide) groups is 1. The fourth-order valence-corrected chi connectivity index (χ4v) is 5.82. The van der Waals surface area contributed by atoms with Gasteiger partial charge in [-0.05, 0) is 73.2 Å². The summed E-state index contributed by atoms with van der Waals surface area (Å²) in [6, 6.07) is 18.6. The molecule has 0 saturated carbocycles. The van der Waals surface area contributed by atoms with Gasteiger partial charge in [-0.3, -0.25) is 9.69 Å². The molecule has 5 rings (SSSR count). The Morgan fingerprint density at radius 2 is 1.80 bits per heavy atom. The number of likely N-dealkylation sites (N-methyl/N-ethyl adjacent to an activating group) is 1. The van der Waals surface area contributed by atoms with Crippen molar-refractivity contribution in [2.75, 3.05) is 23.7 Å². The molecule has 13 heteroatoms. The van der Waals surface area contributed by atoms with Crippen LogP contribution >= 0.6 is 11.8 Å². The lowest BCUT2D eigenvalue weighted by Crippen LogP contribution is -2.34. The number of aliphatic imine (C=N–C) groups is 1. The molecule has 9 nitrogen and oxygen atoms in total. The highest BCUT2D eigenvalue weighted by molar-refractivity contribution is 8.15. The standard InChI is InChI=1S/C33H33F3N6O3S/c1-5-40(31(44)38-32-42(29(43)19-46-32)28-18-22(4)6-15-27(28)21(2)3)17-16-23-7-9-24(10-8-23)30-37-20-41(39-30)25-11-13-26(14-12-25)45-33(34,35)36/h6-15,18,20-21H,5,16-17,19H2,1-4H3/b38-32-. The largest absolute Gasteiger partial charge is 0.573 e. The molecular formula is C33H33F3N6O3S. The van der Waals surface area contributed by atoms with E-state index in [0.717, 1.165) is 27.9 Å². The Bertz CT molecular complexity index is 1740. The highest BCUT2D eigenvalue weighted by Gasteiger charge is 2.33. The van der Waals surface area contributed by atoms with Crippen LogP contribution in [-0.4, -0.2) is 62.0 Å². The zero-order valence-corrected chi connectivity index (χ0v) is 26.6. The highest BCUT2D eigenvalue weighted by atomic mass is 32.2. The Kier molecular flexibility index (Phi) is 9.80. The number of rotatable bonds is 9. The first kappa shape index (κ1) is 32.7. The minimum atomic E-state index is -4.76. The lowest BCUT2D eigenvalue weighted by Gasteiger charge is -2.23. The van der Waals surface area contributed by atoms with E-state index in [9.17, 15) is 22.8 Å². The van der Waals surface area contributed by atoms with Crippen molar-refractivity contribution in [3.63, 3.8) is 0 Å². The minimum absolute atomic E-state index is 0.0973. The average Bonchev–Trinajstić information content (AvgIpc) is 3.64. The molecular weight excluding hydrogens is 617 g/mol. The van der Waals surface area contributed by atoms with E-state index in [1.54, 1.807) is 9.80 Å². The Labute approximate surface area is 269 Å². The van der Waals surface area contributed by atoms with Crippen molar-refractivity contribution in [2.24, 2.45) is 4.99 Å². The number of nitrogens with zero attached hydrogens (tertiary/aromatic N) is 6. The molecule has 0 N–H and O–H groups in total. The van der Waals surface area contributed by atoms with Gasteiger partial charge in [0.05, 0.1) is 17.1 Å². The van der Waals surface area contributed by atoms with Crippen molar-refractivity contribution >= 4 is 34.6 Å². The number of hydrogen-bond donors (Lipinski definition) is 0. The summed E-state index contributed by atoms with van der Waals surface area (Å²) in [7, 11) is 0. The molecule has 240 valence electrons. The van der Waals surface area contributed by atoms with Crippen LogP contribution in [0, 0.1) is 6.92 Å². The molecule has 0 bridgehead atoms. The van der Waals surface area contributed by atoms with Crippen LogP contribution in [0.3, 0.4) is 0 Å². The quantitative estimate of drug-likeness (QED) is 0.188. The average molecular weight is 651 g/mol. The molecule has 1 fully saturated rings. The molecule has 0 unspecified atom stereocenters. The van der Waals surface area contributed by atoms with Gasteiger partial charge < -0.3 is 9.64 Å². The van der Waals surface area contributed by atoms with Gasteiger partial charge in [0.25, 0.3) is 0 Å². The van der Waals surface area contributed by atoms with Gasteiger partial charge in [-0.2, -0.15) is 4.99 Å². The molecule has 4 aromatic rings. The molecule has 1 aliphatic heterocycles. The van der Waals surface area contributed by atoms with Crippen molar-refractivity contribution in [1.82, 2.24) is 19.7 Å². The molecule has 1 aromatic heterocycles. The third-order valence-corrected chi connectivity index (χ3v) is 8.29. The van der Waals surface area contributed by atoms with E-state index in [0.29, 0.717) is 36.2 Å². The fourth-order valence-electron chi connectivity index (χ4n) is 4.96. The van der Waals surface area contributed by atoms with Crippen LogP contribution in [0.4, 0.5) is 23.7 Å². The molecule has 0 atom stereocenters. The molecule has 0 aliphatic carbocycles. The second-order valence-corrected chi connectivity index (χ2v) is 11.9. The summed E-state index contributed by atoms with van der Waals surface area (Å²) in [4.78, 5) is 38.1. The summed E-state index contributed by atoms with van der Waals surface area (Å²) in [6.45, 7) is 8.90. The molecule has 3 aromatic carbocycles. The lowest BCUT2D eigenvalue weighted by molar-refractivity contribution is -0.274. The Balaban J connectivity index is 1.23. The summed E-state index contributed by atoms with van der Waals surface area (Å²) >= 11 is 1.27. The van der Waals surface area contributed by atoms with Gasteiger partial charge in [0.2, 0.25) is 5.91 Å². The van der Waals surface area contributed by atoms with Crippen molar-refractivity contribution in [1.29, 1.82) is 0 Å². The van der Waals surface area contributed by atoms with Gasteiger partial charge in [0, 0.05) is 18.7 Å². The Morgan fingerprint density at radius 3 is 2.46 bits per heavy atom. The fraction of sp³-hybridized carbons (Fsp3) is 0.303. The van der Waals surface area contributed by atoms with E-state index in [1.807, 2.05) is 56.3 Å². The van der Waals surface area contributed by atoms with Gasteiger partial charge in [-0.25, -0.2) is 14.5 Å². The second-order valence-electron chi connectivity index (χ2n) is 11.0. The number of amides is 3. The summed E-state index contributed by atoms with van der Waals surface area (Å²) in [5.41, 5.74) is 5.10. The van der Waals surface area contributed by atoms with E-state index < -0.39 is 12.4 Å². The van der Waals surface area contributed by atoms with E-state index in [2.05, 4.69) is 33.7 Å². The van der Waals surface area contributed by atoms with Crippen LogP contribution < -0.4 is 9.64 Å². The zero-order valence-electron chi connectivity index (χ0n) is 25.8.